The minimum absolute atomic E-state index is 0.0890. The number of aryl methyl sites for hydroxylation is 2. The molecule has 3 rings (SSSR count). The van der Waals surface area contributed by atoms with Gasteiger partial charge in [0.05, 0.1) is 17.7 Å². The number of aliphatic carboxylic acids is 1. The number of hydrogen-bond donors (Lipinski definition) is 2. The lowest BCUT2D eigenvalue weighted by molar-refractivity contribution is -0.136. The smallest absolute Gasteiger partial charge is 0.407 e. The van der Waals surface area contributed by atoms with Crippen molar-refractivity contribution < 1.29 is 29.0 Å². The van der Waals surface area contributed by atoms with E-state index in [4.69, 9.17) is 14.5 Å². The third kappa shape index (κ3) is 8.90. The minimum atomic E-state index is -0.964. The predicted octanol–water partition coefficient (Wildman–Crippen LogP) is 6.57. The van der Waals surface area contributed by atoms with Gasteiger partial charge in [0.1, 0.15) is 12.2 Å². The van der Waals surface area contributed by atoms with Gasteiger partial charge < -0.3 is 19.9 Å². The normalized spacial score (nSPS) is 11.3. The van der Waals surface area contributed by atoms with Crippen LogP contribution < -0.4 is 5.32 Å². The number of nitrogens with one attached hydrogen (secondary N) is 1. The molecular weight excluding hydrogens is 520 g/mol. The number of hydrogen-bond acceptors (Lipinski definition) is 6. The fraction of sp³-hybridized carbons (Fsp3) is 0.394. The first kappa shape index (κ1) is 31.3. The Morgan fingerprint density at radius 3 is 2.20 bits per heavy atom. The van der Waals surface area contributed by atoms with Crippen molar-refractivity contribution in [1.82, 2.24) is 10.3 Å². The van der Waals surface area contributed by atoms with Crippen LogP contribution in [0.25, 0.3) is 11.1 Å². The third-order valence-corrected chi connectivity index (χ3v) is 6.34. The summed E-state index contributed by atoms with van der Waals surface area (Å²) in [5.74, 6) is -1.27. The first-order valence-electron chi connectivity index (χ1n) is 13.8. The van der Waals surface area contributed by atoms with E-state index in [1.807, 2.05) is 31.2 Å². The molecule has 0 spiro atoms. The van der Waals surface area contributed by atoms with Gasteiger partial charge in [0, 0.05) is 23.4 Å². The van der Waals surface area contributed by atoms with E-state index in [1.54, 1.807) is 52.0 Å². The molecule has 0 aliphatic heterocycles. The molecule has 218 valence electrons. The number of carboxylic acid groups (broad SMARTS) is 1. The van der Waals surface area contributed by atoms with E-state index < -0.39 is 23.6 Å². The molecule has 0 atom stereocenters. The molecule has 1 aromatic heterocycles. The van der Waals surface area contributed by atoms with E-state index in [0.29, 0.717) is 34.4 Å². The molecule has 41 heavy (non-hydrogen) atoms. The van der Waals surface area contributed by atoms with Gasteiger partial charge in [-0.2, -0.15) is 0 Å². The molecule has 0 aliphatic carbocycles. The number of pyridine rings is 1. The summed E-state index contributed by atoms with van der Waals surface area (Å²) < 4.78 is 11.3. The quantitative estimate of drug-likeness (QED) is 0.269. The molecular formula is C33H40N2O6. The Kier molecular flexibility index (Phi) is 10.3. The Balaban J connectivity index is 2.10. The number of nitrogens with zero attached hydrogens (tertiary/aromatic N) is 1. The zero-order valence-electron chi connectivity index (χ0n) is 25.0. The van der Waals surface area contributed by atoms with Gasteiger partial charge >= 0.3 is 18.0 Å². The summed E-state index contributed by atoms with van der Waals surface area (Å²) in [6.45, 7) is 13.3. The highest BCUT2D eigenvalue weighted by atomic mass is 16.6. The van der Waals surface area contributed by atoms with Crippen LogP contribution in [0.3, 0.4) is 0 Å². The number of alkyl carbamates (subject to hydrolysis) is 1. The van der Waals surface area contributed by atoms with Crippen LogP contribution in [0, 0.1) is 19.8 Å². The lowest BCUT2D eigenvalue weighted by atomic mass is 9.89. The Bertz CT molecular complexity index is 1400. The standard InChI is InChI=1S/C33H40N2O6/c1-20(2)16-27-26(18-34-32(39)41-33(5,6)7)30(23-14-12-21(3)13-15-23)29(22(4)35-27)31(38)40-19-25-11-9-8-10-24(25)17-28(36)37/h8-15,20H,16-19H2,1-7H3,(H,34,39)(H,36,37). The van der Waals surface area contributed by atoms with Crippen molar-refractivity contribution in [2.45, 2.75) is 80.1 Å². The molecule has 0 unspecified atom stereocenters. The highest BCUT2D eigenvalue weighted by Gasteiger charge is 2.26. The Labute approximate surface area is 242 Å². The Morgan fingerprint density at radius 1 is 0.976 bits per heavy atom. The molecule has 1 heterocycles. The summed E-state index contributed by atoms with van der Waals surface area (Å²) >= 11 is 0. The van der Waals surface area contributed by atoms with E-state index in [1.165, 1.54) is 0 Å². The van der Waals surface area contributed by atoms with Gasteiger partial charge in [0.15, 0.2) is 0 Å². The summed E-state index contributed by atoms with van der Waals surface area (Å²) in [4.78, 5) is 42.5. The molecule has 0 bridgehead atoms. The van der Waals surface area contributed by atoms with Gasteiger partial charge in [-0.25, -0.2) is 9.59 Å². The third-order valence-electron chi connectivity index (χ3n) is 6.34. The topological polar surface area (TPSA) is 115 Å². The van der Waals surface area contributed by atoms with Crippen molar-refractivity contribution in [3.8, 4) is 11.1 Å². The molecule has 0 aliphatic rings. The summed E-state index contributed by atoms with van der Waals surface area (Å²) in [7, 11) is 0. The minimum Gasteiger partial charge on any atom is -0.481 e. The second-order valence-electron chi connectivity index (χ2n) is 11.6. The molecule has 0 radical (unpaired) electrons. The lowest BCUT2D eigenvalue weighted by Gasteiger charge is -2.23. The number of ether oxygens (including phenoxy) is 2. The van der Waals surface area contributed by atoms with Crippen molar-refractivity contribution in [2.24, 2.45) is 5.92 Å². The van der Waals surface area contributed by atoms with Crippen molar-refractivity contribution in [3.63, 3.8) is 0 Å². The molecule has 2 aromatic carbocycles. The number of carboxylic acids is 1. The molecule has 0 saturated carbocycles. The van der Waals surface area contributed by atoms with E-state index in [-0.39, 0.29) is 25.5 Å². The second-order valence-corrected chi connectivity index (χ2v) is 11.6. The number of amides is 1. The summed E-state index contributed by atoms with van der Waals surface area (Å²) in [6.07, 6.45) is -0.0986. The van der Waals surface area contributed by atoms with Crippen LogP contribution in [-0.4, -0.2) is 33.7 Å². The number of benzene rings is 2. The summed E-state index contributed by atoms with van der Waals surface area (Å²) in [5, 5.41) is 12.1. The average molecular weight is 561 g/mol. The largest absolute Gasteiger partial charge is 0.481 e. The van der Waals surface area contributed by atoms with Gasteiger partial charge in [-0.3, -0.25) is 9.78 Å². The number of rotatable bonds is 10. The van der Waals surface area contributed by atoms with Crippen molar-refractivity contribution >= 4 is 18.0 Å². The van der Waals surface area contributed by atoms with E-state index in [0.717, 1.165) is 22.4 Å². The fourth-order valence-electron chi connectivity index (χ4n) is 4.56. The van der Waals surface area contributed by atoms with Crippen LogP contribution in [0.4, 0.5) is 4.79 Å². The fourth-order valence-corrected chi connectivity index (χ4v) is 4.56. The zero-order valence-corrected chi connectivity index (χ0v) is 25.0. The first-order chi connectivity index (χ1) is 19.2. The van der Waals surface area contributed by atoms with Crippen LogP contribution in [0.2, 0.25) is 0 Å². The molecule has 0 saturated heterocycles. The maximum atomic E-state index is 13.8. The second kappa shape index (κ2) is 13.4. The van der Waals surface area contributed by atoms with Gasteiger partial charge in [0.2, 0.25) is 0 Å². The van der Waals surface area contributed by atoms with Crippen LogP contribution in [0.15, 0.2) is 48.5 Å². The monoisotopic (exact) mass is 560 g/mol. The highest BCUT2D eigenvalue weighted by Crippen LogP contribution is 2.34. The summed E-state index contributed by atoms with van der Waals surface area (Å²) in [6, 6.07) is 14.8. The van der Waals surface area contributed by atoms with Crippen molar-refractivity contribution in [3.05, 3.63) is 87.7 Å². The zero-order chi connectivity index (χ0) is 30.3. The van der Waals surface area contributed by atoms with E-state index in [9.17, 15) is 19.5 Å². The maximum Gasteiger partial charge on any atom is 0.407 e. The van der Waals surface area contributed by atoms with Gasteiger partial charge in [-0.1, -0.05) is 67.9 Å². The average Bonchev–Trinajstić information content (AvgIpc) is 2.86. The van der Waals surface area contributed by atoms with Crippen LogP contribution in [-0.2, 0) is 40.3 Å². The van der Waals surface area contributed by atoms with Gasteiger partial charge in [0.25, 0.3) is 0 Å². The van der Waals surface area contributed by atoms with E-state index in [2.05, 4.69) is 19.2 Å². The molecule has 0 fully saturated rings. The van der Waals surface area contributed by atoms with Crippen LogP contribution in [0.5, 0.6) is 0 Å². The van der Waals surface area contributed by atoms with Crippen molar-refractivity contribution in [2.75, 3.05) is 0 Å². The maximum absolute atomic E-state index is 13.8. The predicted molar refractivity (Wildman–Crippen MR) is 158 cm³/mol. The van der Waals surface area contributed by atoms with Gasteiger partial charge in [-0.15, -0.1) is 0 Å². The summed E-state index contributed by atoms with van der Waals surface area (Å²) in [5.41, 5.74) is 5.36. The lowest BCUT2D eigenvalue weighted by Crippen LogP contribution is -2.32. The Hall–Kier alpha value is -4.20. The highest BCUT2D eigenvalue weighted by molar-refractivity contribution is 5.99. The first-order valence-corrected chi connectivity index (χ1v) is 13.8. The van der Waals surface area contributed by atoms with Gasteiger partial charge in [-0.05, 0) is 63.6 Å². The molecule has 8 nitrogen and oxygen atoms in total. The number of carbonyl (C=O) groups is 3. The molecule has 8 heteroatoms. The van der Waals surface area contributed by atoms with Crippen molar-refractivity contribution in [1.29, 1.82) is 0 Å². The number of esters is 1. The Morgan fingerprint density at radius 2 is 1.61 bits per heavy atom. The van der Waals surface area contributed by atoms with Crippen LogP contribution in [0.1, 0.15) is 78.6 Å². The SMILES string of the molecule is Cc1ccc(-c2c(CNC(=O)OC(C)(C)C)c(CC(C)C)nc(C)c2C(=O)OCc2ccccc2CC(=O)O)cc1. The molecule has 2 N–H and O–H groups in total. The van der Waals surface area contributed by atoms with Crippen LogP contribution >= 0.6 is 0 Å². The number of carbonyl (C=O) groups excluding carboxylic acids is 2. The van der Waals surface area contributed by atoms with E-state index >= 15 is 0 Å². The molecule has 1 amide bonds. The molecule has 3 aromatic rings. The number of aromatic nitrogens is 1.